The predicted molar refractivity (Wildman–Crippen MR) is 80.5 cm³/mol. The van der Waals surface area contributed by atoms with Gasteiger partial charge in [0.25, 0.3) is 0 Å². The summed E-state index contributed by atoms with van der Waals surface area (Å²) >= 11 is 2.31. The Hall–Kier alpha value is -1.70. The van der Waals surface area contributed by atoms with Crippen LogP contribution in [0, 0.1) is 3.57 Å². The van der Waals surface area contributed by atoms with E-state index in [-0.39, 0.29) is 0 Å². The molecule has 1 aromatic carbocycles. The van der Waals surface area contributed by atoms with Gasteiger partial charge in [0.1, 0.15) is 5.69 Å². The van der Waals surface area contributed by atoms with Crippen molar-refractivity contribution in [2.45, 2.75) is 6.54 Å². The molecule has 5 nitrogen and oxygen atoms in total. The molecule has 0 radical (unpaired) electrons. The molecule has 0 amide bonds. The Labute approximate surface area is 124 Å². The van der Waals surface area contributed by atoms with E-state index in [1.54, 1.807) is 4.68 Å². The minimum Gasteiger partial charge on any atom is -0.266 e. The van der Waals surface area contributed by atoms with Gasteiger partial charge in [-0.1, -0.05) is 17.3 Å². The zero-order valence-corrected chi connectivity index (χ0v) is 12.5. The zero-order chi connectivity index (χ0) is 13.2. The fourth-order valence-corrected chi connectivity index (χ4v) is 2.44. The summed E-state index contributed by atoms with van der Waals surface area (Å²) in [6.07, 6.45) is 5.80. The molecule has 0 saturated heterocycles. The molecule has 0 saturated carbocycles. The lowest BCUT2D eigenvalue weighted by atomic mass is 10.1. The molecule has 3 aromatic rings. The Morgan fingerprint density at radius 1 is 1.21 bits per heavy atom. The first kappa shape index (κ1) is 12.3. The molecule has 0 unspecified atom stereocenters. The molecule has 0 aliphatic carbocycles. The third-order valence-electron chi connectivity index (χ3n) is 2.77. The largest absolute Gasteiger partial charge is 0.266 e. The number of hydrogen-bond donors (Lipinski definition) is 0. The summed E-state index contributed by atoms with van der Waals surface area (Å²) in [5.74, 6) is 0. The normalized spacial score (nSPS) is 10.8. The van der Waals surface area contributed by atoms with Crippen molar-refractivity contribution in [1.82, 2.24) is 24.8 Å². The van der Waals surface area contributed by atoms with Gasteiger partial charge in [0.05, 0.1) is 12.7 Å². The number of halogens is 1. The number of nitrogens with zero attached hydrogens (tertiary/aromatic N) is 5. The van der Waals surface area contributed by atoms with Crippen molar-refractivity contribution < 1.29 is 0 Å². The molecule has 0 fully saturated rings. The lowest BCUT2D eigenvalue weighted by molar-refractivity contribution is 0.667. The Bertz CT molecular complexity index is 700. The minimum absolute atomic E-state index is 0.637. The van der Waals surface area contributed by atoms with Crippen LogP contribution in [-0.2, 0) is 13.6 Å². The fraction of sp³-hybridized carbons (Fsp3) is 0.154. The average molecular weight is 365 g/mol. The van der Waals surface area contributed by atoms with Crippen molar-refractivity contribution >= 4 is 22.6 Å². The van der Waals surface area contributed by atoms with Crippen molar-refractivity contribution in [1.29, 1.82) is 0 Å². The first-order valence-corrected chi connectivity index (χ1v) is 6.92. The summed E-state index contributed by atoms with van der Waals surface area (Å²) in [5, 5.41) is 12.3. The quantitative estimate of drug-likeness (QED) is 0.670. The van der Waals surface area contributed by atoms with Gasteiger partial charge in [-0.25, -0.2) is 0 Å². The molecule has 2 heterocycles. The van der Waals surface area contributed by atoms with Crippen LogP contribution >= 0.6 is 22.6 Å². The van der Waals surface area contributed by atoms with E-state index in [0.717, 1.165) is 11.3 Å². The lowest BCUT2D eigenvalue weighted by Gasteiger charge is -1.98. The third kappa shape index (κ3) is 2.83. The number of aromatic nitrogens is 5. The first-order chi connectivity index (χ1) is 9.20. The summed E-state index contributed by atoms with van der Waals surface area (Å²) in [6.45, 7) is 0.637. The van der Waals surface area contributed by atoms with E-state index in [2.05, 4.69) is 62.3 Å². The molecule has 2 aromatic heterocycles. The van der Waals surface area contributed by atoms with Crippen molar-refractivity contribution in [3.8, 4) is 11.1 Å². The summed E-state index contributed by atoms with van der Waals surface area (Å²) in [6, 6.07) is 8.36. The van der Waals surface area contributed by atoms with Gasteiger partial charge in [-0.15, -0.1) is 5.10 Å². The van der Waals surface area contributed by atoms with Gasteiger partial charge in [0.15, 0.2) is 0 Å². The zero-order valence-electron chi connectivity index (χ0n) is 10.4. The monoisotopic (exact) mass is 365 g/mol. The highest BCUT2D eigenvalue weighted by Gasteiger charge is 2.04. The van der Waals surface area contributed by atoms with Crippen molar-refractivity contribution in [2.24, 2.45) is 7.05 Å². The first-order valence-electron chi connectivity index (χ1n) is 5.84. The van der Waals surface area contributed by atoms with E-state index in [1.165, 1.54) is 9.13 Å². The van der Waals surface area contributed by atoms with E-state index in [9.17, 15) is 0 Å². The Kier molecular flexibility index (Phi) is 3.33. The Morgan fingerprint density at radius 2 is 2.11 bits per heavy atom. The van der Waals surface area contributed by atoms with Crippen LogP contribution < -0.4 is 0 Å². The van der Waals surface area contributed by atoms with E-state index < -0.39 is 0 Å². The average Bonchev–Trinajstić information content (AvgIpc) is 2.99. The summed E-state index contributed by atoms with van der Waals surface area (Å²) in [4.78, 5) is 0. The van der Waals surface area contributed by atoms with Gasteiger partial charge >= 0.3 is 0 Å². The van der Waals surface area contributed by atoms with E-state index in [4.69, 9.17) is 0 Å². The minimum atomic E-state index is 0.637. The third-order valence-corrected chi connectivity index (χ3v) is 3.44. The topological polar surface area (TPSA) is 48.5 Å². The molecule has 0 spiro atoms. The molecule has 0 atom stereocenters. The molecular weight excluding hydrogens is 353 g/mol. The fourth-order valence-electron chi connectivity index (χ4n) is 1.90. The van der Waals surface area contributed by atoms with Crippen LogP contribution in [0.4, 0.5) is 0 Å². The van der Waals surface area contributed by atoms with Crippen LogP contribution in [0.2, 0.25) is 0 Å². The van der Waals surface area contributed by atoms with Crippen LogP contribution in [0.15, 0.2) is 42.9 Å². The lowest BCUT2D eigenvalue weighted by Crippen LogP contribution is -1.99. The molecule has 0 aliphatic heterocycles. The maximum atomic E-state index is 4.36. The van der Waals surface area contributed by atoms with E-state index in [1.807, 2.05) is 30.3 Å². The summed E-state index contributed by atoms with van der Waals surface area (Å²) in [7, 11) is 1.86. The maximum absolute atomic E-state index is 4.36. The molecule has 0 aliphatic rings. The summed E-state index contributed by atoms with van der Waals surface area (Å²) < 4.78 is 4.79. The van der Waals surface area contributed by atoms with Gasteiger partial charge in [-0.05, 0) is 40.3 Å². The number of rotatable bonds is 3. The maximum Gasteiger partial charge on any atom is 0.104 e. The van der Waals surface area contributed by atoms with Crippen molar-refractivity contribution in [3.63, 3.8) is 0 Å². The van der Waals surface area contributed by atoms with Gasteiger partial charge in [-0.2, -0.15) is 5.10 Å². The molecule has 96 valence electrons. The molecule has 0 bridgehead atoms. The SMILES string of the molecule is Cn1cc(Cn2cc(-c3cccc(I)c3)cn2)nn1. The molecule has 3 rings (SSSR count). The van der Waals surface area contributed by atoms with Gasteiger partial charge in [0.2, 0.25) is 0 Å². The van der Waals surface area contributed by atoms with Crippen LogP contribution in [0.25, 0.3) is 11.1 Å². The van der Waals surface area contributed by atoms with Crippen LogP contribution in [-0.4, -0.2) is 24.8 Å². The Balaban J connectivity index is 1.83. The van der Waals surface area contributed by atoms with Gasteiger partial charge in [-0.3, -0.25) is 9.36 Å². The van der Waals surface area contributed by atoms with E-state index in [0.29, 0.717) is 6.54 Å². The van der Waals surface area contributed by atoms with Crippen molar-refractivity contribution in [2.75, 3.05) is 0 Å². The highest BCUT2D eigenvalue weighted by atomic mass is 127. The molecule has 0 N–H and O–H groups in total. The van der Waals surface area contributed by atoms with Crippen LogP contribution in [0.1, 0.15) is 5.69 Å². The summed E-state index contributed by atoms with van der Waals surface area (Å²) in [5.41, 5.74) is 3.19. The Morgan fingerprint density at radius 3 is 2.84 bits per heavy atom. The van der Waals surface area contributed by atoms with Crippen LogP contribution in [0.5, 0.6) is 0 Å². The highest BCUT2D eigenvalue weighted by Crippen LogP contribution is 2.20. The second-order valence-electron chi connectivity index (χ2n) is 4.32. The van der Waals surface area contributed by atoms with Gasteiger partial charge < -0.3 is 0 Å². The number of hydrogen-bond acceptors (Lipinski definition) is 3. The van der Waals surface area contributed by atoms with Gasteiger partial charge in [0, 0.05) is 28.6 Å². The van der Waals surface area contributed by atoms with E-state index >= 15 is 0 Å². The molecule has 19 heavy (non-hydrogen) atoms. The second kappa shape index (κ2) is 5.12. The molecular formula is C13H12IN5. The molecule has 6 heteroatoms. The van der Waals surface area contributed by atoms with Crippen molar-refractivity contribution in [3.05, 3.63) is 52.1 Å². The van der Waals surface area contributed by atoms with Crippen LogP contribution in [0.3, 0.4) is 0 Å². The standard InChI is InChI=1S/C13H12IN5/c1-18-8-13(16-17-18)9-19-7-11(6-15-19)10-3-2-4-12(14)5-10/h2-8H,9H2,1H3. The highest BCUT2D eigenvalue weighted by molar-refractivity contribution is 14.1. The smallest absolute Gasteiger partial charge is 0.104 e. The second-order valence-corrected chi connectivity index (χ2v) is 5.57. The number of aryl methyl sites for hydroxylation is 1. The number of benzene rings is 1. The predicted octanol–water partition coefficient (Wildman–Crippen LogP) is 2.33.